The zero-order chi connectivity index (χ0) is 17.5. The monoisotopic (exact) mass is 368 g/mol. The van der Waals surface area contributed by atoms with Crippen molar-refractivity contribution in [2.24, 2.45) is 12.0 Å². The highest BCUT2D eigenvalue weighted by Gasteiger charge is 2.09. The smallest absolute Gasteiger partial charge is 0.191 e. The van der Waals surface area contributed by atoms with Crippen LogP contribution in [0.1, 0.15) is 16.8 Å². The maximum atomic E-state index is 6.08. The van der Waals surface area contributed by atoms with E-state index in [1.54, 1.807) is 14.2 Å². The quantitative estimate of drug-likeness (QED) is 0.607. The lowest BCUT2D eigenvalue weighted by Gasteiger charge is -2.14. The van der Waals surface area contributed by atoms with Gasteiger partial charge in [0.1, 0.15) is 5.15 Å². The molecule has 0 saturated heterocycles. The first-order valence-electron chi connectivity index (χ1n) is 7.56. The third-order valence-electron chi connectivity index (χ3n) is 3.74. The molecule has 1 heterocycles. The van der Waals surface area contributed by atoms with Gasteiger partial charge in [0.2, 0.25) is 0 Å². The van der Waals surface area contributed by atoms with Crippen LogP contribution in [0.5, 0.6) is 0 Å². The van der Waals surface area contributed by atoms with Gasteiger partial charge in [0.05, 0.1) is 18.2 Å². The van der Waals surface area contributed by atoms with Crippen molar-refractivity contribution < 1.29 is 4.74 Å². The van der Waals surface area contributed by atoms with Crippen molar-refractivity contribution in [3.8, 4) is 0 Å². The summed E-state index contributed by atoms with van der Waals surface area (Å²) in [5.41, 5.74) is 3.31. The van der Waals surface area contributed by atoms with Crippen LogP contribution in [-0.4, -0.2) is 24.7 Å². The first kappa shape index (κ1) is 18.6. The number of nitrogens with one attached hydrogen (secondary N) is 2. The molecule has 0 aliphatic rings. The number of hydrogen-bond acceptors (Lipinski definition) is 2. The number of aromatic nitrogens is 1. The minimum Gasteiger partial charge on any atom is -0.380 e. The maximum absolute atomic E-state index is 6.08. The van der Waals surface area contributed by atoms with Crippen LogP contribution in [0, 0.1) is 0 Å². The van der Waals surface area contributed by atoms with E-state index in [4.69, 9.17) is 27.9 Å². The largest absolute Gasteiger partial charge is 0.380 e. The lowest BCUT2D eigenvalue weighted by Crippen LogP contribution is -2.36. The number of ether oxygens (including phenoxy) is 1. The summed E-state index contributed by atoms with van der Waals surface area (Å²) in [6, 6.07) is 10.0. The van der Waals surface area contributed by atoms with Crippen molar-refractivity contribution in [2.75, 3.05) is 14.2 Å². The molecule has 0 saturated carbocycles. The summed E-state index contributed by atoms with van der Waals surface area (Å²) in [7, 11) is 5.31. The molecule has 7 heteroatoms. The normalized spacial score (nSPS) is 11.6. The van der Waals surface area contributed by atoms with Crippen molar-refractivity contribution in [1.29, 1.82) is 0 Å². The van der Waals surface area contributed by atoms with Crippen LogP contribution >= 0.6 is 23.2 Å². The molecule has 130 valence electrons. The average molecular weight is 369 g/mol. The van der Waals surface area contributed by atoms with E-state index in [-0.39, 0.29) is 0 Å². The van der Waals surface area contributed by atoms with Crippen molar-refractivity contribution in [1.82, 2.24) is 15.2 Å². The lowest BCUT2D eigenvalue weighted by atomic mass is 10.1. The summed E-state index contributed by atoms with van der Waals surface area (Å²) in [6.45, 7) is 1.82. The number of hydrogen-bond donors (Lipinski definition) is 2. The van der Waals surface area contributed by atoms with Gasteiger partial charge in [-0.15, -0.1) is 0 Å². The van der Waals surface area contributed by atoms with E-state index in [0.29, 0.717) is 35.8 Å². The van der Waals surface area contributed by atoms with Crippen molar-refractivity contribution in [3.63, 3.8) is 0 Å². The Kier molecular flexibility index (Phi) is 6.97. The number of aliphatic imine (C=N–C) groups is 1. The van der Waals surface area contributed by atoms with E-state index in [1.165, 1.54) is 5.56 Å². The molecule has 1 aromatic heterocycles. The van der Waals surface area contributed by atoms with Crippen molar-refractivity contribution >= 4 is 29.2 Å². The molecular weight excluding hydrogens is 347 g/mol. The van der Waals surface area contributed by atoms with E-state index >= 15 is 0 Å². The molecule has 2 aromatic rings. The van der Waals surface area contributed by atoms with Gasteiger partial charge in [-0.25, -0.2) is 0 Å². The van der Waals surface area contributed by atoms with Gasteiger partial charge in [-0.3, -0.25) is 4.99 Å². The second kappa shape index (κ2) is 8.97. The summed E-state index contributed by atoms with van der Waals surface area (Å²) in [4.78, 5) is 4.24. The molecule has 24 heavy (non-hydrogen) atoms. The molecule has 0 fully saturated rings. The predicted molar refractivity (Wildman–Crippen MR) is 99.6 cm³/mol. The Morgan fingerprint density at radius 3 is 2.42 bits per heavy atom. The van der Waals surface area contributed by atoms with Gasteiger partial charge in [-0.1, -0.05) is 47.5 Å². The van der Waals surface area contributed by atoms with Gasteiger partial charge in [0, 0.05) is 33.4 Å². The number of rotatable bonds is 6. The maximum Gasteiger partial charge on any atom is 0.191 e. The fourth-order valence-corrected chi connectivity index (χ4v) is 2.77. The van der Waals surface area contributed by atoms with Crippen LogP contribution in [0.2, 0.25) is 10.2 Å². The van der Waals surface area contributed by atoms with E-state index in [1.807, 2.05) is 29.8 Å². The molecule has 2 N–H and O–H groups in total. The highest BCUT2D eigenvalue weighted by molar-refractivity contribution is 6.41. The van der Waals surface area contributed by atoms with Crippen LogP contribution < -0.4 is 10.6 Å². The molecule has 0 bridgehead atoms. The van der Waals surface area contributed by atoms with E-state index < -0.39 is 0 Å². The summed E-state index contributed by atoms with van der Waals surface area (Å²) in [6.07, 6.45) is 0. The van der Waals surface area contributed by atoms with Crippen LogP contribution in [0.3, 0.4) is 0 Å². The number of guanidine groups is 1. The van der Waals surface area contributed by atoms with E-state index in [9.17, 15) is 0 Å². The topological polar surface area (TPSA) is 50.6 Å². The fourth-order valence-electron chi connectivity index (χ4n) is 2.36. The molecular formula is C17H22Cl2N4O. The number of methoxy groups -OCH3 is 1. The molecule has 1 aromatic carbocycles. The van der Waals surface area contributed by atoms with Gasteiger partial charge >= 0.3 is 0 Å². The SMILES string of the molecule is CN=C(NCc1ccccc1COC)NCc1cc(Cl)c(Cl)n1C. The van der Waals surface area contributed by atoms with Crippen LogP contribution in [-0.2, 0) is 31.5 Å². The number of benzene rings is 1. The molecule has 0 atom stereocenters. The minimum atomic E-state index is 0.532. The Balaban J connectivity index is 1.95. The second-order valence-corrected chi connectivity index (χ2v) is 6.08. The molecule has 0 spiro atoms. The molecule has 0 radical (unpaired) electrons. The molecule has 0 amide bonds. The van der Waals surface area contributed by atoms with Crippen molar-refractivity contribution in [3.05, 3.63) is 57.3 Å². The van der Waals surface area contributed by atoms with E-state index in [0.717, 1.165) is 11.3 Å². The zero-order valence-corrected chi connectivity index (χ0v) is 15.6. The molecule has 0 aliphatic carbocycles. The van der Waals surface area contributed by atoms with Crippen LogP contribution in [0.15, 0.2) is 35.3 Å². The van der Waals surface area contributed by atoms with Gasteiger partial charge < -0.3 is 19.9 Å². The summed E-state index contributed by atoms with van der Waals surface area (Å²) >= 11 is 12.1. The molecule has 0 aliphatic heterocycles. The summed E-state index contributed by atoms with van der Waals surface area (Å²) in [5.74, 6) is 0.704. The Bertz CT molecular complexity index is 713. The standard InChI is InChI=1S/C17H22Cl2N4O/c1-20-17(22-10-14-8-15(18)16(19)23(14)2)21-9-12-6-4-5-7-13(12)11-24-3/h4-8H,9-11H2,1-3H3,(H2,20,21,22). The molecule has 5 nitrogen and oxygen atoms in total. The van der Waals surface area contributed by atoms with Gasteiger partial charge in [0.25, 0.3) is 0 Å². The van der Waals surface area contributed by atoms with Crippen LogP contribution in [0.4, 0.5) is 0 Å². The average Bonchev–Trinajstić information content (AvgIpc) is 2.83. The molecule has 2 rings (SSSR count). The predicted octanol–water partition coefficient (Wildman–Crippen LogP) is 3.34. The van der Waals surface area contributed by atoms with Gasteiger partial charge in [0.15, 0.2) is 5.96 Å². The number of nitrogens with zero attached hydrogens (tertiary/aromatic N) is 2. The zero-order valence-electron chi connectivity index (χ0n) is 14.1. The minimum absolute atomic E-state index is 0.532. The van der Waals surface area contributed by atoms with Gasteiger partial charge in [-0.2, -0.15) is 0 Å². The number of halogens is 2. The summed E-state index contributed by atoms with van der Waals surface area (Å²) in [5, 5.41) is 7.64. The Morgan fingerprint density at radius 1 is 1.17 bits per heavy atom. The first-order valence-corrected chi connectivity index (χ1v) is 8.32. The van der Waals surface area contributed by atoms with Crippen LogP contribution in [0.25, 0.3) is 0 Å². The van der Waals surface area contributed by atoms with E-state index in [2.05, 4.69) is 27.8 Å². The first-order chi connectivity index (χ1) is 11.6. The Labute approximate surface area is 152 Å². The Morgan fingerprint density at radius 2 is 1.83 bits per heavy atom. The highest BCUT2D eigenvalue weighted by Crippen LogP contribution is 2.24. The second-order valence-electron chi connectivity index (χ2n) is 5.31. The summed E-state index contributed by atoms with van der Waals surface area (Å²) < 4.78 is 7.08. The fraction of sp³-hybridized carbons (Fsp3) is 0.353. The lowest BCUT2D eigenvalue weighted by molar-refractivity contribution is 0.184. The Hall–Kier alpha value is -1.69. The third kappa shape index (κ3) is 4.66. The van der Waals surface area contributed by atoms with Crippen molar-refractivity contribution in [2.45, 2.75) is 19.7 Å². The third-order valence-corrected chi connectivity index (χ3v) is 4.58. The highest BCUT2D eigenvalue weighted by atomic mass is 35.5. The van der Waals surface area contributed by atoms with Gasteiger partial charge in [-0.05, 0) is 17.2 Å². The molecule has 0 unspecified atom stereocenters.